The van der Waals surface area contributed by atoms with E-state index in [2.05, 4.69) is 5.32 Å². The quantitative estimate of drug-likeness (QED) is 0.723. The second-order valence-corrected chi connectivity index (χ2v) is 3.96. The van der Waals surface area contributed by atoms with E-state index < -0.39 is 5.97 Å². The van der Waals surface area contributed by atoms with E-state index in [0.29, 0.717) is 11.4 Å². The van der Waals surface area contributed by atoms with Crippen LogP contribution in [0.4, 0.5) is 11.4 Å². The van der Waals surface area contributed by atoms with Crippen LogP contribution >= 0.6 is 0 Å². The largest absolute Gasteiger partial charge is 0.477 e. The highest BCUT2D eigenvalue weighted by molar-refractivity contribution is 5.94. The first-order valence-electron chi connectivity index (χ1n) is 5.60. The zero-order chi connectivity index (χ0) is 13.8. The number of carbonyl (C=O) groups is 2. The molecule has 0 aliphatic carbocycles. The molecule has 0 fully saturated rings. The van der Waals surface area contributed by atoms with Crippen molar-refractivity contribution in [2.75, 3.05) is 11.1 Å². The maximum absolute atomic E-state index is 11.8. The van der Waals surface area contributed by atoms with Gasteiger partial charge in [-0.25, -0.2) is 4.79 Å². The summed E-state index contributed by atoms with van der Waals surface area (Å²) < 4.78 is 1.36. The Bertz CT molecular complexity index is 619. The molecule has 1 amide bonds. The smallest absolute Gasteiger partial charge is 0.352 e. The standard InChI is InChI=1S/C13H13N3O3/c14-9-4-1-2-5-10(9)15-12(17)8-16-7-3-6-11(16)13(18)19/h1-7H,8,14H2,(H,15,17)(H,18,19). The SMILES string of the molecule is Nc1ccccc1NC(=O)Cn1cccc1C(=O)O. The molecule has 6 nitrogen and oxygen atoms in total. The van der Waals surface area contributed by atoms with Crippen LogP contribution in [0, 0.1) is 0 Å². The zero-order valence-corrected chi connectivity index (χ0v) is 10.0. The Kier molecular flexibility index (Phi) is 3.51. The van der Waals surface area contributed by atoms with Crippen molar-refractivity contribution < 1.29 is 14.7 Å². The number of hydrogen-bond acceptors (Lipinski definition) is 3. The van der Waals surface area contributed by atoms with Gasteiger partial charge in [0.1, 0.15) is 12.2 Å². The summed E-state index contributed by atoms with van der Waals surface area (Å²) >= 11 is 0. The maximum atomic E-state index is 11.8. The van der Waals surface area contributed by atoms with Crippen molar-refractivity contribution in [1.29, 1.82) is 0 Å². The average molecular weight is 259 g/mol. The fourth-order valence-electron chi connectivity index (χ4n) is 1.70. The molecule has 4 N–H and O–H groups in total. The fraction of sp³-hybridized carbons (Fsp3) is 0.0769. The Labute approximate surface area is 109 Å². The molecule has 2 aromatic rings. The maximum Gasteiger partial charge on any atom is 0.352 e. The Morgan fingerprint density at radius 3 is 2.63 bits per heavy atom. The summed E-state index contributed by atoms with van der Waals surface area (Å²) in [6, 6.07) is 9.89. The molecular weight excluding hydrogens is 246 g/mol. The molecule has 1 aromatic heterocycles. The van der Waals surface area contributed by atoms with Crippen molar-refractivity contribution >= 4 is 23.3 Å². The number of nitrogens with zero attached hydrogens (tertiary/aromatic N) is 1. The molecule has 0 saturated carbocycles. The highest BCUT2D eigenvalue weighted by Crippen LogP contribution is 2.16. The Balaban J connectivity index is 2.08. The molecule has 0 aliphatic rings. The molecule has 0 aliphatic heterocycles. The van der Waals surface area contributed by atoms with E-state index in [4.69, 9.17) is 10.8 Å². The van der Waals surface area contributed by atoms with Crippen LogP contribution in [0.2, 0.25) is 0 Å². The van der Waals surface area contributed by atoms with Gasteiger partial charge in [-0.05, 0) is 24.3 Å². The topological polar surface area (TPSA) is 97.4 Å². The molecule has 0 unspecified atom stereocenters. The molecule has 6 heteroatoms. The minimum atomic E-state index is -1.07. The number of para-hydroxylation sites is 2. The Morgan fingerprint density at radius 1 is 1.21 bits per heavy atom. The number of nitrogens with one attached hydrogen (secondary N) is 1. The van der Waals surface area contributed by atoms with Gasteiger partial charge in [0.15, 0.2) is 0 Å². The highest BCUT2D eigenvalue weighted by atomic mass is 16.4. The van der Waals surface area contributed by atoms with Crippen LogP contribution in [0.3, 0.4) is 0 Å². The van der Waals surface area contributed by atoms with E-state index in [-0.39, 0.29) is 18.1 Å². The lowest BCUT2D eigenvalue weighted by Crippen LogP contribution is -2.21. The lowest BCUT2D eigenvalue weighted by atomic mass is 10.2. The van der Waals surface area contributed by atoms with E-state index in [1.807, 2.05) is 0 Å². The monoisotopic (exact) mass is 259 g/mol. The molecular formula is C13H13N3O3. The third kappa shape index (κ3) is 2.92. The van der Waals surface area contributed by atoms with Crippen LogP contribution in [-0.4, -0.2) is 21.6 Å². The summed E-state index contributed by atoms with van der Waals surface area (Å²) in [6.45, 7) is -0.0804. The third-order valence-corrected chi connectivity index (χ3v) is 2.60. The summed E-state index contributed by atoms with van der Waals surface area (Å²) in [5, 5.41) is 11.6. The van der Waals surface area contributed by atoms with Crippen molar-refractivity contribution in [3.63, 3.8) is 0 Å². The van der Waals surface area contributed by atoms with Gasteiger partial charge >= 0.3 is 5.97 Å². The summed E-state index contributed by atoms with van der Waals surface area (Å²) in [6.07, 6.45) is 1.54. The van der Waals surface area contributed by atoms with Crippen LogP contribution in [0.5, 0.6) is 0 Å². The first-order valence-corrected chi connectivity index (χ1v) is 5.60. The van der Waals surface area contributed by atoms with E-state index >= 15 is 0 Å². The van der Waals surface area contributed by atoms with Gasteiger partial charge in [-0.15, -0.1) is 0 Å². The van der Waals surface area contributed by atoms with Crippen LogP contribution in [0.1, 0.15) is 10.5 Å². The molecule has 0 spiro atoms. The van der Waals surface area contributed by atoms with Crippen LogP contribution in [0.25, 0.3) is 0 Å². The van der Waals surface area contributed by atoms with Gasteiger partial charge in [0.2, 0.25) is 5.91 Å². The van der Waals surface area contributed by atoms with E-state index in [1.165, 1.54) is 16.8 Å². The minimum absolute atomic E-state index is 0.0659. The summed E-state index contributed by atoms with van der Waals surface area (Å²) in [5.74, 6) is -1.41. The molecule has 1 aromatic carbocycles. The van der Waals surface area contributed by atoms with E-state index in [9.17, 15) is 9.59 Å². The third-order valence-electron chi connectivity index (χ3n) is 2.60. The van der Waals surface area contributed by atoms with Crippen LogP contribution in [0.15, 0.2) is 42.6 Å². The normalized spacial score (nSPS) is 10.1. The number of carboxylic acids is 1. The molecule has 1 heterocycles. The first-order chi connectivity index (χ1) is 9.08. The van der Waals surface area contributed by atoms with Gasteiger partial charge in [-0.3, -0.25) is 4.79 Å². The van der Waals surface area contributed by atoms with Crippen molar-refractivity contribution in [3.8, 4) is 0 Å². The van der Waals surface area contributed by atoms with Crippen LogP contribution in [-0.2, 0) is 11.3 Å². The molecule has 0 radical (unpaired) electrons. The summed E-state index contributed by atoms with van der Waals surface area (Å²) in [7, 11) is 0. The molecule has 0 saturated heterocycles. The van der Waals surface area contributed by atoms with E-state index in [1.54, 1.807) is 30.3 Å². The average Bonchev–Trinajstić information content (AvgIpc) is 2.80. The lowest BCUT2D eigenvalue weighted by Gasteiger charge is -2.09. The van der Waals surface area contributed by atoms with Crippen LogP contribution < -0.4 is 11.1 Å². The second kappa shape index (κ2) is 5.26. The second-order valence-electron chi connectivity index (χ2n) is 3.96. The lowest BCUT2D eigenvalue weighted by molar-refractivity contribution is -0.116. The number of benzene rings is 1. The molecule has 98 valence electrons. The minimum Gasteiger partial charge on any atom is -0.477 e. The number of hydrogen-bond donors (Lipinski definition) is 3. The van der Waals surface area contributed by atoms with Gasteiger partial charge in [0.05, 0.1) is 11.4 Å². The molecule has 2 rings (SSSR count). The zero-order valence-electron chi connectivity index (χ0n) is 10.0. The molecule has 0 bridgehead atoms. The number of carbonyl (C=O) groups excluding carboxylic acids is 1. The Hall–Kier alpha value is -2.76. The number of aromatic carboxylic acids is 1. The number of amides is 1. The Morgan fingerprint density at radius 2 is 1.95 bits per heavy atom. The van der Waals surface area contributed by atoms with Crippen molar-refractivity contribution in [2.24, 2.45) is 0 Å². The number of rotatable bonds is 4. The van der Waals surface area contributed by atoms with Gasteiger partial charge in [0.25, 0.3) is 0 Å². The van der Waals surface area contributed by atoms with Crippen molar-refractivity contribution in [3.05, 3.63) is 48.3 Å². The van der Waals surface area contributed by atoms with Gasteiger partial charge in [-0.1, -0.05) is 12.1 Å². The fourth-order valence-corrected chi connectivity index (χ4v) is 1.70. The van der Waals surface area contributed by atoms with E-state index in [0.717, 1.165) is 0 Å². The van der Waals surface area contributed by atoms with Gasteiger partial charge in [-0.2, -0.15) is 0 Å². The number of aromatic nitrogens is 1. The van der Waals surface area contributed by atoms with Crippen molar-refractivity contribution in [1.82, 2.24) is 4.57 Å². The number of nitrogens with two attached hydrogens (primary N) is 1. The molecule has 19 heavy (non-hydrogen) atoms. The number of carboxylic acid groups (broad SMARTS) is 1. The highest BCUT2D eigenvalue weighted by Gasteiger charge is 2.12. The predicted octanol–water partition coefficient (Wildman–Crippen LogP) is 1.41. The predicted molar refractivity (Wildman–Crippen MR) is 70.9 cm³/mol. The summed E-state index contributed by atoms with van der Waals surface area (Å²) in [4.78, 5) is 22.7. The summed E-state index contributed by atoms with van der Waals surface area (Å²) in [5.41, 5.74) is 6.74. The van der Waals surface area contributed by atoms with Gasteiger partial charge < -0.3 is 20.7 Å². The van der Waals surface area contributed by atoms with Crippen molar-refractivity contribution in [2.45, 2.75) is 6.54 Å². The molecule has 0 atom stereocenters. The van der Waals surface area contributed by atoms with Gasteiger partial charge in [0, 0.05) is 6.20 Å². The first kappa shape index (κ1) is 12.7. The number of nitrogen functional groups attached to an aromatic ring is 1. The number of anilines is 2.